The predicted octanol–water partition coefficient (Wildman–Crippen LogP) is -19.1. The largest absolute Gasteiger partial charge is 0.394 e. The van der Waals surface area contributed by atoms with Gasteiger partial charge in [0.25, 0.3) is 0 Å². The van der Waals surface area contributed by atoms with Crippen LogP contribution in [0.3, 0.4) is 0 Å². The van der Waals surface area contributed by atoms with E-state index in [2.05, 4.69) is 0 Å². The van der Waals surface area contributed by atoms with Crippen molar-refractivity contribution in [1.29, 1.82) is 0 Å². The van der Waals surface area contributed by atoms with Crippen LogP contribution in [0.4, 0.5) is 0 Å². The summed E-state index contributed by atoms with van der Waals surface area (Å²) in [6.07, 6.45) is -80.1. The first-order chi connectivity index (χ1) is 42.1. The molecule has 22 aliphatic rings. The van der Waals surface area contributed by atoms with Crippen LogP contribution in [0, 0.1) is 0 Å². The van der Waals surface area contributed by atoms with E-state index in [0.717, 1.165) is 0 Å². The first-order valence-electron chi connectivity index (χ1n) is 28.2. The van der Waals surface area contributed by atoms with Gasteiger partial charge in [-0.2, -0.15) is 0 Å². The first kappa shape index (κ1) is 73.2. The van der Waals surface area contributed by atoms with E-state index >= 15 is 0 Å². The van der Waals surface area contributed by atoms with E-state index in [9.17, 15) is 107 Å². The third-order valence-electron chi connectivity index (χ3n) is 16.9. The summed E-state index contributed by atoms with van der Waals surface area (Å²) in [5, 5.41) is 284. The van der Waals surface area contributed by atoms with Gasteiger partial charge in [-0.1, -0.05) is 0 Å². The highest BCUT2D eigenvalue weighted by atomic mass is 16.8. The predicted molar refractivity (Wildman–Crippen MR) is 264 cm³/mol. The van der Waals surface area contributed by atoms with Crippen molar-refractivity contribution in [3.05, 3.63) is 0 Å². The molecule has 0 aromatic rings. The molecule has 21 heterocycles. The Kier molecular flexibility index (Phi) is 25.5. The topological polar surface area (TPSA) is 675 Å². The number of hydrogen-bond acceptors (Lipinski definition) is 41. The number of aliphatic hydroxyl groups is 27. The molecule has 0 amide bonds. The maximum atomic E-state index is 11.3. The van der Waals surface area contributed by atoms with E-state index in [4.69, 9.17) is 97.0 Å². The van der Waals surface area contributed by atoms with Crippen molar-refractivity contribution in [2.24, 2.45) is 0 Å². The summed E-state index contributed by atoms with van der Waals surface area (Å²) in [7, 11) is 0. The Bertz CT molecular complexity index is 1730. The van der Waals surface area contributed by atoms with Crippen LogP contribution in [-0.4, -0.2) is 436 Å². The lowest BCUT2D eigenvalue weighted by atomic mass is 9.85. The Morgan fingerprint density at radius 1 is 0.135 bits per heavy atom. The molecule has 0 radical (unpaired) electrons. The van der Waals surface area contributed by atoms with Crippen molar-refractivity contribution < 1.29 is 204 Å². The van der Waals surface area contributed by atoms with Crippen molar-refractivity contribution in [3.8, 4) is 0 Å². The van der Waals surface area contributed by atoms with Crippen molar-refractivity contribution in [1.82, 2.24) is 0 Å². The Balaban J connectivity index is 0.000000763. The quantitative estimate of drug-likeness (QED) is 0.113. The van der Waals surface area contributed by atoms with Gasteiger partial charge in [0.1, 0.15) is 208 Å². The monoisotopic (exact) mass is 1310 g/mol. The van der Waals surface area contributed by atoms with Gasteiger partial charge < -0.3 is 204 Å². The SMILES string of the molecule is OC1C(O)C(O)C(O)C(O)C1O.OC[C@H]1O[C@@H]2O[C@H]3[C@H](O)[C@@H](O)[C@@H](O[C@H]4[C@H](O)[C@@H](O)[C@@H](O[C@H]5[C@H](O)[C@@H](O)[C@@H](O[C@H]6[C@H](O)[C@@H](O)[C@@H](O[C@H]7[C@H](O)[C@@H](O)[C@@H](O[C@H]8[C@H](O)[C@@H](O)[C@@H](O[C@H]1[C@H](O)[C@H]2O)O[C@@H]8CO)O[C@@H]7CO)O[C@@H]6CO)O[C@@H]5CO)O[C@@H]4CO)O[C@@H]3CO. The van der Waals surface area contributed by atoms with Crippen molar-refractivity contribution in [2.45, 2.75) is 252 Å². The third kappa shape index (κ3) is 14.7. The number of rotatable bonds is 7. The van der Waals surface area contributed by atoms with Crippen LogP contribution < -0.4 is 0 Å². The van der Waals surface area contributed by atoms with E-state index < -0.39 is 298 Å². The van der Waals surface area contributed by atoms with Crippen LogP contribution >= 0.6 is 0 Å². The molecule has 0 spiro atoms. The molecule has 89 heavy (non-hydrogen) atoms. The van der Waals surface area contributed by atoms with Crippen molar-refractivity contribution >= 4 is 0 Å². The molecule has 22 rings (SSSR count). The molecule has 27 N–H and O–H groups in total. The van der Waals surface area contributed by atoms with E-state index in [1.807, 2.05) is 0 Å². The molecule has 21 saturated heterocycles. The second-order valence-electron chi connectivity index (χ2n) is 22.6. The molecule has 41 heteroatoms. The van der Waals surface area contributed by atoms with Crippen LogP contribution in [0.2, 0.25) is 0 Å². The fraction of sp³-hybridized carbons (Fsp3) is 1.00. The van der Waals surface area contributed by atoms with Gasteiger partial charge in [0.15, 0.2) is 44.0 Å². The van der Waals surface area contributed by atoms with Crippen LogP contribution in [0.5, 0.6) is 0 Å². The maximum absolute atomic E-state index is 11.3. The highest BCUT2D eigenvalue weighted by molar-refractivity contribution is 5.03. The second kappa shape index (κ2) is 31.0. The molecule has 520 valence electrons. The molecule has 0 aromatic heterocycles. The summed E-state index contributed by atoms with van der Waals surface area (Å²) in [6.45, 7) is -7.33. The summed E-state index contributed by atoms with van der Waals surface area (Å²) in [5.41, 5.74) is 0. The molecule has 35 atom stereocenters. The molecular formula is C48H82O41. The van der Waals surface area contributed by atoms with E-state index in [0.29, 0.717) is 0 Å². The Labute approximate surface area is 501 Å². The molecule has 14 bridgehead atoms. The standard InChI is InChI=1S/C42H70O35.C6H12O6/c43-1-8-29-15(50)22(57)36(64-8)72-30-9(2-44)66-38(24(59)17(30)52)74-32-11(4-46)68-40(26(61)19(32)54)76-34-13(6-48)70-42(28(63)21(34)56)77-35-14(7-49)69-41(27(62)20(35)55)75-33-12(5-47)67-39(25(60)18(33)53)73-31-10(3-45)65-37(71-29)23(58)16(31)51;7-1-2(8)4(10)6(12)5(11)3(1)9/h8-63H,1-7H2;1-12H/t8-,9-,10-,11-,12-,13-,14-,15-,16-,17-,18-,19-,20-,21-,22-,23-,24-,25-,26-,27-,28-,29-,30-,31-,32-,33-,34-,35-,36-,37-,38-,39-,40-,41-,42-;/m1./s1. The summed E-state index contributed by atoms with van der Waals surface area (Å²) < 4.78 is 79.5. The molecule has 21 aliphatic heterocycles. The van der Waals surface area contributed by atoms with Gasteiger partial charge in [-0.3, -0.25) is 0 Å². The van der Waals surface area contributed by atoms with Gasteiger partial charge >= 0.3 is 0 Å². The number of aliphatic hydroxyl groups excluding tert-OH is 27. The normalized spacial score (nSPS) is 55.4. The van der Waals surface area contributed by atoms with Gasteiger partial charge in [-0.15, -0.1) is 0 Å². The minimum absolute atomic E-state index is 1.05. The molecule has 0 aromatic carbocycles. The molecule has 1 aliphatic carbocycles. The number of hydrogen-bond donors (Lipinski definition) is 27. The van der Waals surface area contributed by atoms with E-state index in [1.165, 1.54) is 0 Å². The van der Waals surface area contributed by atoms with E-state index in [-0.39, 0.29) is 0 Å². The summed E-state index contributed by atoms with van der Waals surface area (Å²) in [5.74, 6) is 0. The molecule has 1 saturated carbocycles. The molecule has 0 unspecified atom stereocenters. The minimum Gasteiger partial charge on any atom is -0.394 e. The summed E-state index contributed by atoms with van der Waals surface area (Å²) in [6, 6.07) is 0. The molecule has 22 fully saturated rings. The smallest absolute Gasteiger partial charge is 0.187 e. The van der Waals surface area contributed by atoms with E-state index in [1.54, 1.807) is 0 Å². The van der Waals surface area contributed by atoms with Gasteiger partial charge in [-0.05, 0) is 0 Å². The second-order valence-corrected chi connectivity index (χ2v) is 22.6. The highest BCUT2D eigenvalue weighted by Crippen LogP contribution is 2.39. The van der Waals surface area contributed by atoms with Crippen LogP contribution in [0.1, 0.15) is 0 Å². The average molecular weight is 1320 g/mol. The third-order valence-corrected chi connectivity index (χ3v) is 16.9. The van der Waals surface area contributed by atoms with Gasteiger partial charge in [-0.25, -0.2) is 0 Å². The lowest BCUT2D eigenvalue weighted by molar-refractivity contribution is -0.396. The van der Waals surface area contributed by atoms with Crippen LogP contribution in [-0.2, 0) is 66.3 Å². The molecular weight excluding hydrogens is 1230 g/mol. The Hall–Kier alpha value is -1.64. The highest BCUT2D eigenvalue weighted by Gasteiger charge is 2.60. The lowest BCUT2D eigenvalue weighted by Gasteiger charge is -2.50. The minimum atomic E-state index is -2.21. The first-order valence-corrected chi connectivity index (χ1v) is 28.2. The average Bonchev–Trinajstić information content (AvgIpc) is 1.06. The fourth-order valence-electron chi connectivity index (χ4n) is 11.6. The zero-order valence-corrected chi connectivity index (χ0v) is 46.4. The zero-order valence-electron chi connectivity index (χ0n) is 46.4. The Morgan fingerprint density at radius 2 is 0.236 bits per heavy atom. The number of ether oxygens (including phenoxy) is 14. The lowest BCUT2D eigenvalue weighted by Crippen LogP contribution is -2.68. The van der Waals surface area contributed by atoms with Crippen LogP contribution in [0.25, 0.3) is 0 Å². The fourth-order valence-corrected chi connectivity index (χ4v) is 11.6. The van der Waals surface area contributed by atoms with Gasteiger partial charge in [0, 0.05) is 0 Å². The van der Waals surface area contributed by atoms with Gasteiger partial charge in [0.05, 0.1) is 46.2 Å². The van der Waals surface area contributed by atoms with Crippen molar-refractivity contribution in [2.75, 3.05) is 46.2 Å². The zero-order chi connectivity index (χ0) is 65.5. The van der Waals surface area contributed by atoms with Crippen LogP contribution in [0.15, 0.2) is 0 Å². The van der Waals surface area contributed by atoms with Gasteiger partial charge in [0.2, 0.25) is 0 Å². The summed E-state index contributed by atoms with van der Waals surface area (Å²) in [4.78, 5) is 0. The molecule has 41 nitrogen and oxygen atoms in total. The Morgan fingerprint density at radius 3 is 0.326 bits per heavy atom. The maximum Gasteiger partial charge on any atom is 0.187 e. The summed E-state index contributed by atoms with van der Waals surface area (Å²) >= 11 is 0. The van der Waals surface area contributed by atoms with Crippen molar-refractivity contribution in [3.63, 3.8) is 0 Å².